The standard InChI is InChI=1S/C24H29N3O2/c1-26(2)15-20-7-4-3-6-19(20)14-25-24(29)21-13-23(28)27(16-21)22-11-10-17-8-5-9-18(17)12-22/h3-4,6-7,10-12,21H,5,8-9,13-16H2,1-2H3,(H,25,29)/t21-/m0/s1. The van der Waals surface area contributed by atoms with Crippen LogP contribution in [0.2, 0.25) is 0 Å². The van der Waals surface area contributed by atoms with Gasteiger partial charge in [-0.1, -0.05) is 30.3 Å². The minimum atomic E-state index is -0.295. The lowest BCUT2D eigenvalue weighted by Gasteiger charge is -2.18. The third-order valence-electron chi connectivity index (χ3n) is 5.95. The summed E-state index contributed by atoms with van der Waals surface area (Å²) in [5.41, 5.74) is 6.00. The molecule has 4 rings (SSSR count). The normalized spacial score (nSPS) is 18.4. The van der Waals surface area contributed by atoms with Crippen molar-refractivity contribution in [2.24, 2.45) is 5.92 Å². The first-order chi connectivity index (χ1) is 14.0. The molecule has 2 amide bonds. The second-order valence-electron chi connectivity index (χ2n) is 8.44. The number of hydrogen-bond donors (Lipinski definition) is 1. The van der Waals surface area contributed by atoms with E-state index in [1.807, 2.05) is 32.3 Å². The molecule has 1 fully saturated rings. The van der Waals surface area contributed by atoms with Crippen LogP contribution in [0, 0.1) is 5.92 Å². The van der Waals surface area contributed by atoms with Gasteiger partial charge < -0.3 is 15.1 Å². The summed E-state index contributed by atoms with van der Waals surface area (Å²) in [4.78, 5) is 29.2. The summed E-state index contributed by atoms with van der Waals surface area (Å²) in [6.07, 6.45) is 3.68. The molecule has 5 nitrogen and oxygen atoms in total. The van der Waals surface area contributed by atoms with E-state index in [0.717, 1.165) is 30.6 Å². The van der Waals surface area contributed by atoms with Crippen molar-refractivity contribution in [1.82, 2.24) is 10.2 Å². The number of amides is 2. The van der Waals surface area contributed by atoms with Gasteiger partial charge >= 0.3 is 0 Å². The van der Waals surface area contributed by atoms with Crippen LogP contribution in [0.1, 0.15) is 35.1 Å². The summed E-state index contributed by atoms with van der Waals surface area (Å²) in [6.45, 7) is 1.79. The lowest BCUT2D eigenvalue weighted by atomic mass is 10.1. The van der Waals surface area contributed by atoms with Gasteiger partial charge in [0.05, 0.1) is 5.92 Å². The average molecular weight is 392 g/mol. The fourth-order valence-electron chi connectivity index (χ4n) is 4.41. The van der Waals surface area contributed by atoms with Gasteiger partial charge in [0.25, 0.3) is 0 Å². The number of nitrogens with zero attached hydrogens (tertiary/aromatic N) is 2. The molecule has 2 aromatic carbocycles. The zero-order chi connectivity index (χ0) is 20.4. The Morgan fingerprint density at radius 3 is 2.66 bits per heavy atom. The van der Waals surface area contributed by atoms with E-state index in [-0.39, 0.29) is 24.2 Å². The van der Waals surface area contributed by atoms with Gasteiger partial charge in [-0.05, 0) is 67.7 Å². The largest absolute Gasteiger partial charge is 0.352 e. The van der Waals surface area contributed by atoms with Crippen LogP contribution in [0.3, 0.4) is 0 Å². The highest BCUT2D eigenvalue weighted by atomic mass is 16.2. The molecule has 1 heterocycles. The van der Waals surface area contributed by atoms with E-state index >= 15 is 0 Å². The number of aryl methyl sites for hydroxylation is 2. The van der Waals surface area contributed by atoms with Crippen molar-refractivity contribution >= 4 is 17.5 Å². The fraction of sp³-hybridized carbons (Fsp3) is 0.417. The molecule has 152 valence electrons. The predicted octanol–water partition coefficient (Wildman–Crippen LogP) is 2.91. The Kier molecular flexibility index (Phi) is 5.67. The monoisotopic (exact) mass is 391 g/mol. The number of hydrogen-bond acceptors (Lipinski definition) is 3. The van der Waals surface area contributed by atoms with Crippen LogP contribution in [-0.4, -0.2) is 37.4 Å². The Bertz CT molecular complexity index is 922. The SMILES string of the molecule is CN(C)Cc1ccccc1CNC(=O)[C@H]1CC(=O)N(c2ccc3c(c2)CCC3)C1. The van der Waals surface area contributed by atoms with E-state index in [0.29, 0.717) is 13.1 Å². The van der Waals surface area contributed by atoms with Crippen LogP contribution in [0.4, 0.5) is 5.69 Å². The molecule has 1 N–H and O–H groups in total. The molecule has 0 radical (unpaired) electrons. The number of fused-ring (bicyclic) bond motifs is 1. The number of carbonyl (C=O) groups excluding carboxylic acids is 2. The summed E-state index contributed by atoms with van der Waals surface area (Å²) in [7, 11) is 4.07. The zero-order valence-corrected chi connectivity index (χ0v) is 17.3. The highest BCUT2D eigenvalue weighted by Crippen LogP contribution is 2.30. The molecule has 29 heavy (non-hydrogen) atoms. The van der Waals surface area contributed by atoms with E-state index in [4.69, 9.17) is 0 Å². The second-order valence-corrected chi connectivity index (χ2v) is 8.44. The molecule has 5 heteroatoms. The van der Waals surface area contributed by atoms with Gasteiger partial charge in [0, 0.05) is 31.7 Å². The van der Waals surface area contributed by atoms with Crippen molar-refractivity contribution in [2.75, 3.05) is 25.5 Å². The van der Waals surface area contributed by atoms with Crippen molar-refractivity contribution in [1.29, 1.82) is 0 Å². The Hall–Kier alpha value is -2.66. The molecule has 1 atom stereocenters. The van der Waals surface area contributed by atoms with Crippen LogP contribution < -0.4 is 10.2 Å². The predicted molar refractivity (Wildman–Crippen MR) is 115 cm³/mol. The van der Waals surface area contributed by atoms with Gasteiger partial charge in [0.1, 0.15) is 0 Å². The third-order valence-corrected chi connectivity index (χ3v) is 5.95. The van der Waals surface area contributed by atoms with Crippen molar-refractivity contribution < 1.29 is 9.59 Å². The smallest absolute Gasteiger partial charge is 0.227 e. The highest BCUT2D eigenvalue weighted by molar-refractivity contribution is 6.00. The van der Waals surface area contributed by atoms with Crippen LogP contribution in [0.5, 0.6) is 0 Å². The van der Waals surface area contributed by atoms with Crippen molar-refractivity contribution in [2.45, 2.75) is 38.8 Å². The lowest BCUT2D eigenvalue weighted by Crippen LogP contribution is -2.33. The first-order valence-electron chi connectivity index (χ1n) is 10.4. The second kappa shape index (κ2) is 8.37. The van der Waals surface area contributed by atoms with Crippen molar-refractivity contribution in [3.8, 4) is 0 Å². The lowest BCUT2D eigenvalue weighted by molar-refractivity contribution is -0.126. The highest BCUT2D eigenvalue weighted by Gasteiger charge is 2.35. The van der Waals surface area contributed by atoms with Crippen LogP contribution in [-0.2, 0) is 35.5 Å². The Balaban J connectivity index is 1.39. The average Bonchev–Trinajstić information content (AvgIpc) is 3.32. The third kappa shape index (κ3) is 4.35. The molecule has 0 spiro atoms. The summed E-state index contributed by atoms with van der Waals surface area (Å²) >= 11 is 0. The van der Waals surface area contributed by atoms with E-state index in [1.165, 1.54) is 23.1 Å². The maximum atomic E-state index is 12.8. The van der Waals surface area contributed by atoms with Gasteiger partial charge in [-0.15, -0.1) is 0 Å². The minimum Gasteiger partial charge on any atom is -0.352 e. The van der Waals surface area contributed by atoms with Gasteiger partial charge in [0.15, 0.2) is 0 Å². The molecular weight excluding hydrogens is 362 g/mol. The quantitative estimate of drug-likeness (QED) is 0.824. The number of rotatable bonds is 6. The van der Waals surface area contributed by atoms with Gasteiger partial charge in [-0.3, -0.25) is 9.59 Å². The number of nitrogens with one attached hydrogen (secondary N) is 1. The van der Waals surface area contributed by atoms with E-state index in [1.54, 1.807) is 4.90 Å². The number of anilines is 1. The first-order valence-corrected chi connectivity index (χ1v) is 10.4. The maximum Gasteiger partial charge on any atom is 0.227 e. The molecule has 0 aromatic heterocycles. The summed E-state index contributed by atoms with van der Waals surface area (Å²) in [6, 6.07) is 14.5. The molecule has 1 aliphatic heterocycles. The van der Waals surface area contributed by atoms with Crippen molar-refractivity contribution in [3.63, 3.8) is 0 Å². The Morgan fingerprint density at radius 2 is 1.86 bits per heavy atom. The van der Waals surface area contributed by atoms with Crippen LogP contribution in [0.25, 0.3) is 0 Å². The molecular formula is C24H29N3O2. The van der Waals surface area contributed by atoms with Crippen LogP contribution >= 0.6 is 0 Å². The summed E-state index contributed by atoms with van der Waals surface area (Å²) < 4.78 is 0. The van der Waals surface area contributed by atoms with Crippen molar-refractivity contribution in [3.05, 3.63) is 64.7 Å². The van der Waals surface area contributed by atoms with E-state index in [2.05, 4.69) is 34.5 Å². The van der Waals surface area contributed by atoms with Gasteiger partial charge in [-0.25, -0.2) is 0 Å². The first kappa shape index (κ1) is 19.6. The summed E-state index contributed by atoms with van der Waals surface area (Å²) in [5.74, 6) is -0.297. The zero-order valence-electron chi connectivity index (χ0n) is 17.3. The van der Waals surface area contributed by atoms with E-state index in [9.17, 15) is 9.59 Å². The Morgan fingerprint density at radius 1 is 1.10 bits per heavy atom. The number of carbonyl (C=O) groups is 2. The molecule has 0 saturated carbocycles. The van der Waals surface area contributed by atoms with Gasteiger partial charge in [-0.2, -0.15) is 0 Å². The summed E-state index contributed by atoms with van der Waals surface area (Å²) in [5, 5.41) is 3.05. The van der Waals surface area contributed by atoms with Gasteiger partial charge in [0.2, 0.25) is 11.8 Å². The van der Waals surface area contributed by atoms with E-state index < -0.39 is 0 Å². The maximum absolute atomic E-state index is 12.8. The Labute approximate surface area is 172 Å². The molecule has 2 aromatic rings. The topological polar surface area (TPSA) is 52.7 Å². The minimum absolute atomic E-state index is 0.0381. The molecule has 1 aliphatic carbocycles. The number of benzene rings is 2. The molecule has 1 saturated heterocycles. The molecule has 2 aliphatic rings. The molecule has 0 unspecified atom stereocenters. The van der Waals surface area contributed by atoms with Crippen LogP contribution in [0.15, 0.2) is 42.5 Å². The fourth-order valence-corrected chi connectivity index (χ4v) is 4.41. The molecule has 0 bridgehead atoms.